The minimum Gasteiger partial charge on any atom is -0.399 e. The monoisotopic (exact) mass is 185 g/mol. The maximum absolute atomic E-state index is 5.47. The number of halogens is 1. The van der Waals surface area contributed by atoms with Gasteiger partial charge >= 0.3 is 0 Å². The molecular weight excluding hydrogens is 178 g/mol. The smallest absolute Gasteiger partial charge is 0.0314 e. The largest absolute Gasteiger partial charge is 0.399 e. The maximum Gasteiger partial charge on any atom is 0.0314 e. The van der Waals surface area contributed by atoms with Crippen LogP contribution in [0.25, 0.3) is 0 Å². The topological polar surface area (TPSA) is 26.0 Å². The van der Waals surface area contributed by atoms with Crippen molar-refractivity contribution in [1.82, 2.24) is 0 Å². The first kappa shape index (κ1) is 6.62. The van der Waals surface area contributed by atoms with Crippen LogP contribution in [-0.2, 0) is 5.33 Å². The SMILES string of the molecule is Nc1ccc(CBr)cc1. The zero-order chi connectivity index (χ0) is 6.69. The van der Waals surface area contributed by atoms with Gasteiger partial charge in [-0.1, -0.05) is 28.1 Å². The lowest BCUT2D eigenvalue weighted by atomic mass is 10.2. The highest BCUT2D eigenvalue weighted by Crippen LogP contribution is 2.07. The van der Waals surface area contributed by atoms with Crippen LogP contribution in [0.4, 0.5) is 5.69 Å². The first-order valence-corrected chi connectivity index (χ1v) is 3.85. The van der Waals surface area contributed by atoms with Crippen LogP contribution in [0.1, 0.15) is 5.56 Å². The Kier molecular flexibility index (Phi) is 2.11. The van der Waals surface area contributed by atoms with Gasteiger partial charge in [0.25, 0.3) is 0 Å². The van der Waals surface area contributed by atoms with Gasteiger partial charge in [0.2, 0.25) is 0 Å². The third-order valence-electron chi connectivity index (χ3n) is 1.13. The van der Waals surface area contributed by atoms with Crippen LogP contribution in [0.3, 0.4) is 0 Å². The number of anilines is 1. The molecule has 1 nitrogen and oxygen atoms in total. The molecular formula is C7H8BrN. The average molecular weight is 186 g/mol. The second-order valence-corrected chi connectivity index (χ2v) is 2.44. The molecule has 2 N–H and O–H groups in total. The van der Waals surface area contributed by atoms with E-state index in [1.807, 2.05) is 24.3 Å². The molecule has 0 aliphatic rings. The number of hydrogen-bond donors (Lipinski definition) is 1. The second kappa shape index (κ2) is 2.87. The summed E-state index contributed by atoms with van der Waals surface area (Å²) < 4.78 is 0. The Bertz CT molecular complexity index is 181. The van der Waals surface area contributed by atoms with Crippen LogP contribution < -0.4 is 5.73 Å². The molecule has 0 aromatic heterocycles. The summed E-state index contributed by atoms with van der Waals surface area (Å²) in [6, 6.07) is 7.81. The average Bonchev–Trinajstić information content (AvgIpc) is 1.90. The van der Waals surface area contributed by atoms with Gasteiger partial charge < -0.3 is 5.73 Å². The molecule has 0 fully saturated rings. The molecule has 2 heteroatoms. The van der Waals surface area contributed by atoms with Crippen LogP contribution in [0.2, 0.25) is 0 Å². The number of nitrogen functional groups attached to an aromatic ring is 1. The molecule has 0 radical (unpaired) electrons. The highest BCUT2D eigenvalue weighted by Gasteiger charge is 1.86. The Morgan fingerprint density at radius 1 is 1.22 bits per heavy atom. The Morgan fingerprint density at radius 2 is 1.78 bits per heavy atom. The summed E-state index contributed by atoms with van der Waals surface area (Å²) >= 11 is 3.34. The van der Waals surface area contributed by atoms with Gasteiger partial charge in [-0.25, -0.2) is 0 Å². The van der Waals surface area contributed by atoms with Gasteiger partial charge in [0.15, 0.2) is 0 Å². The van der Waals surface area contributed by atoms with Crippen molar-refractivity contribution < 1.29 is 0 Å². The fourth-order valence-corrected chi connectivity index (χ4v) is 0.981. The number of benzene rings is 1. The van der Waals surface area contributed by atoms with Crippen molar-refractivity contribution in [2.45, 2.75) is 5.33 Å². The minimum absolute atomic E-state index is 0.819. The molecule has 0 heterocycles. The van der Waals surface area contributed by atoms with Gasteiger partial charge in [0.1, 0.15) is 0 Å². The van der Waals surface area contributed by atoms with Crippen LogP contribution in [-0.4, -0.2) is 0 Å². The van der Waals surface area contributed by atoms with E-state index in [4.69, 9.17) is 5.73 Å². The van der Waals surface area contributed by atoms with Gasteiger partial charge in [-0.05, 0) is 17.7 Å². The molecule has 0 spiro atoms. The molecule has 9 heavy (non-hydrogen) atoms. The number of hydrogen-bond acceptors (Lipinski definition) is 1. The number of nitrogens with two attached hydrogens (primary N) is 1. The highest BCUT2D eigenvalue weighted by molar-refractivity contribution is 9.08. The molecule has 1 rings (SSSR count). The molecule has 0 saturated carbocycles. The van der Waals surface area contributed by atoms with Gasteiger partial charge in [-0.2, -0.15) is 0 Å². The van der Waals surface area contributed by atoms with Crippen molar-refractivity contribution in [2.75, 3.05) is 5.73 Å². The lowest BCUT2D eigenvalue weighted by molar-refractivity contribution is 1.44. The van der Waals surface area contributed by atoms with Crippen molar-refractivity contribution in [1.29, 1.82) is 0 Å². The van der Waals surface area contributed by atoms with E-state index in [-0.39, 0.29) is 0 Å². The van der Waals surface area contributed by atoms with Gasteiger partial charge in [-0.15, -0.1) is 0 Å². The molecule has 0 aliphatic carbocycles. The maximum atomic E-state index is 5.47. The Balaban J connectivity index is 2.88. The van der Waals surface area contributed by atoms with Gasteiger partial charge in [-0.3, -0.25) is 0 Å². The number of alkyl halides is 1. The van der Waals surface area contributed by atoms with Crippen molar-refractivity contribution in [3.05, 3.63) is 29.8 Å². The molecule has 1 aromatic carbocycles. The second-order valence-electron chi connectivity index (χ2n) is 1.88. The van der Waals surface area contributed by atoms with E-state index in [1.165, 1.54) is 5.56 Å². The highest BCUT2D eigenvalue weighted by atomic mass is 79.9. The zero-order valence-electron chi connectivity index (χ0n) is 4.97. The summed E-state index contributed by atoms with van der Waals surface area (Å²) in [6.07, 6.45) is 0. The summed E-state index contributed by atoms with van der Waals surface area (Å²) in [5, 5.41) is 0.896. The van der Waals surface area contributed by atoms with Crippen molar-refractivity contribution in [2.24, 2.45) is 0 Å². The molecule has 1 aromatic rings. The first-order valence-electron chi connectivity index (χ1n) is 2.73. The van der Waals surface area contributed by atoms with Crippen LogP contribution >= 0.6 is 15.9 Å². The van der Waals surface area contributed by atoms with Gasteiger partial charge in [0.05, 0.1) is 0 Å². The molecule has 0 aliphatic heterocycles. The molecule has 0 saturated heterocycles. The van der Waals surface area contributed by atoms with Crippen LogP contribution in [0, 0.1) is 0 Å². The van der Waals surface area contributed by atoms with Crippen LogP contribution in [0.5, 0.6) is 0 Å². The van der Waals surface area contributed by atoms with E-state index in [0.717, 1.165) is 11.0 Å². The predicted molar refractivity (Wildman–Crippen MR) is 43.5 cm³/mol. The molecule has 0 bridgehead atoms. The lowest BCUT2D eigenvalue weighted by Gasteiger charge is -1.93. The quantitative estimate of drug-likeness (QED) is 0.527. The fraction of sp³-hybridized carbons (Fsp3) is 0.143. The van der Waals surface area contributed by atoms with E-state index in [0.29, 0.717) is 0 Å². The summed E-state index contributed by atoms with van der Waals surface area (Å²) in [5.74, 6) is 0. The van der Waals surface area contributed by atoms with Crippen molar-refractivity contribution in [3.8, 4) is 0 Å². The van der Waals surface area contributed by atoms with Gasteiger partial charge in [0, 0.05) is 11.0 Å². The third-order valence-corrected chi connectivity index (χ3v) is 1.78. The summed E-state index contributed by atoms with van der Waals surface area (Å²) in [7, 11) is 0. The first-order chi connectivity index (χ1) is 4.33. The lowest BCUT2D eigenvalue weighted by Crippen LogP contribution is -1.83. The summed E-state index contributed by atoms with van der Waals surface area (Å²) in [5.41, 5.74) is 7.54. The Hall–Kier alpha value is -0.500. The Labute approximate surface area is 63.0 Å². The standard InChI is InChI=1S/C7H8BrN/c8-5-6-1-3-7(9)4-2-6/h1-4H,5,9H2. The molecule has 0 amide bonds. The molecule has 0 unspecified atom stereocenters. The predicted octanol–water partition coefficient (Wildman–Crippen LogP) is 2.16. The third kappa shape index (κ3) is 1.72. The van der Waals surface area contributed by atoms with E-state index >= 15 is 0 Å². The van der Waals surface area contributed by atoms with E-state index < -0.39 is 0 Å². The minimum atomic E-state index is 0.819. The summed E-state index contributed by atoms with van der Waals surface area (Å²) in [4.78, 5) is 0. The normalized spacial score (nSPS) is 9.44. The molecule has 48 valence electrons. The van der Waals surface area contributed by atoms with Crippen molar-refractivity contribution >= 4 is 21.6 Å². The zero-order valence-corrected chi connectivity index (χ0v) is 6.56. The van der Waals surface area contributed by atoms with E-state index in [9.17, 15) is 0 Å². The van der Waals surface area contributed by atoms with Crippen LogP contribution in [0.15, 0.2) is 24.3 Å². The Morgan fingerprint density at radius 3 is 2.22 bits per heavy atom. The van der Waals surface area contributed by atoms with E-state index in [1.54, 1.807) is 0 Å². The van der Waals surface area contributed by atoms with Crippen molar-refractivity contribution in [3.63, 3.8) is 0 Å². The van der Waals surface area contributed by atoms with E-state index in [2.05, 4.69) is 15.9 Å². The summed E-state index contributed by atoms with van der Waals surface area (Å²) in [6.45, 7) is 0. The molecule has 0 atom stereocenters. The number of rotatable bonds is 1. The fourth-order valence-electron chi connectivity index (χ4n) is 0.607.